The number of hydrogen-bond acceptors (Lipinski definition) is 2. The van der Waals surface area contributed by atoms with Gasteiger partial charge in [-0.15, -0.1) is 0 Å². The fraction of sp³-hybridized carbons (Fsp3) is 0.200. The molecule has 72 valence electrons. The minimum absolute atomic E-state index is 0.0290. The molecular formula is C10H7BrClNO. The van der Waals surface area contributed by atoms with Crippen molar-refractivity contribution in [3.8, 4) is 0 Å². The molecule has 0 amide bonds. The SMILES string of the molecule is CC1C=Nc2c(Br)ccc(Cl)c2C1=O. The van der Waals surface area contributed by atoms with Gasteiger partial charge in [-0.2, -0.15) is 0 Å². The van der Waals surface area contributed by atoms with Gasteiger partial charge >= 0.3 is 0 Å². The lowest BCUT2D eigenvalue weighted by atomic mass is 9.96. The molecule has 1 aliphatic heterocycles. The quantitative estimate of drug-likeness (QED) is 0.709. The largest absolute Gasteiger partial charge is 0.293 e. The number of hydrogen-bond donors (Lipinski definition) is 0. The normalized spacial score (nSPS) is 19.6. The third-order valence-corrected chi connectivity index (χ3v) is 3.12. The number of carbonyl (C=O) groups excluding carboxylic acids is 1. The van der Waals surface area contributed by atoms with Gasteiger partial charge in [0.05, 0.1) is 22.2 Å². The first kappa shape index (κ1) is 9.87. The second-order valence-corrected chi connectivity index (χ2v) is 4.45. The van der Waals surface area contributed by atoms with E-state index in [-0.39, 0.29) is 11.7 Å². The van der Waals surface area contributed by atoms with Gasteiger partial charge in [-0.1, -0.05) is 18.5 Å². The van der Waals surface area contributed by atoms with Crippen molar-refractivity contribution < 1.29 is 4.79 Å². The van der Waals surface area contributed by atoms with Gasteiger partial charge in [0, 0.05) is 10.7 Å². The van der Waals surface area contributed by atoms with E-state index in [1.54, 1.807) is 18.3 Å². The Labute approximate surface area is 95.1 Å². The van der Waals surface area contributed by atoms with Crippen molar-refractivity contribution in [2.75, 3.05) is 0 Å². The summed E-state index contributed by atoms with van der Waals surface area (Å²) in [6.07, 6.45) is 1.64. The summed E-state index contributed by atoms with van der Waals surface area (Å²) in [5, 5.41) is 0.469. The van der Waals surface area contributed by atoms with Crippen LogP contribution in [0.4, 0.5) is 5.69 Å². The predicted octanol–water partition coefficient (Wildman–Crippen LogP) is 3.64. The zero-order chi connectivity index (χ0) is 10.3. The van der Waals surface area contributed by atoms with E-state index >= 15 is 0 Å². The van der Waals surface area contributed by atoms with Crippen LogP contribution in [0.5, 0.6) is 0 Å². The highest BCUT2D eigenvalue weighted by molar-refractivity contribution is 9.10. The van der Waals surface area contributed by atoms with Crippen molar-refractivity contribution in [3.05, 3.63) is 27.2 Å². The average molecular weight is 273 g/mol. The van der Waals surface area contributed by atoms with Gasteiger partial charge in [0.15, 0.2) is 5.78 Å². The Balaban J connectivity index is 2.73. The van der Waals surface area contributed by atoms with Gasteiger partial charge in [0.25, 0.3) is 0 Å². The third-order valence-electron chi connectivity index (χ3n) is 2.17. The van der Waals surface area contributed by atoms with Crippen molar-refractivity contribution in [2.24, 2.45) is 10.9 Å². The molecule has 0 bridgehead atoms. The molecule has 0 saturated heterocycles. The van der Waals surface area contributed by atoms with E-state index in [1.165, 1.54) is 0 Å². The summed E-state index contributed by atoms with van der Waals surface area (Å²) >= 11 is 9.30. The van der Waals surface area contributed by atoms with Gasteiger partial charge in [0.2, 0.25) is 0 Å². The number of fused-ring (bicyclic) bond motifs is 1. The summed E-state index contributed by atoms with van der Waals surface area (Å²) in [6.45, 7) is 1.81. The van der Waals surface area contributed by atoms with Gasteiger partial charge in [-0.25, -0.2) is 0 Å². The number of ketones is 1. The Hall–Kier alpha value is -0.670. The molecule has 1 unspecified atom stereocenters. The molecule has 0 saturated carbocycles. The molecule has 1 heterocycles. The standard InChI is InChI=1S/C10H7BrClNO/c1-5-4-13-9-6(11)2-3-7(12)8(9)10(5)14/h2-5H,1H3. The lowest BCUT2D eigenvalue weighted by molar-refractivity contribution is 0.0962. The summed E-state index contributed by atoms with van der Waals surface area (Å²) < 4.78 is 0.799. The molecule has 0 aromatic heterocycles. The van der Waals surface area contributed by atoms with E-state index in [1.807, 2.05) is 6.92 Å². The first-order valence-corrected chi connectivity index (χ1v) is 5.34. The van der Waals surface area contributed by atoms with Gasteiger partial charge < -0.3 is 0 Å². The Bertz CT molecular complexity index is 442. The van der Waals surface area contributed by atoms with Gasteiger partial charge in [0.1, 0.15) is 0 Å². The average Bonchev–Trinajstić information content (AvgIpc) is 2.16. The van der Waals surface area contributed by atoms with Crippen molar-refractivity contribution >= 4 is 45.2 Å². The molecule has 0 radical (unpaired) electrons. The summed E-state index contributed by atoms with van der Waals surface area (Å²) in [5.41, 5.74) is 1.16. The Morgan fingerprint density at radius 3 is 2.93 bits per heavy atom. The lowest BCUT2D eigenvalue weighted by Crippen LogP contribution is -2.16. The van der Waals surface area contributed by atoms with E-state index in [2.05, 4.69) is 20.9 Å². The zero-order valence-corrected chi connectivity index (χ0v) is 9.76. The topological polar surface area (TPSA) is 29.4 Å². The van der Waals surface area contributed by atoms with Crippen LogP contribution in [-0.4, -0.2) is 12.0 Å². The third kappa shape index (κ3) is 1.41. The van der Waals surface area contributed by atoms with E-state index in [0.717, 1.165) is 4.47 Å². The van der Waals surface area contributed by atoms with Crippen LogP contribution >= 0.6 is 27.5 Å². The molecule has 0 spiro atoms. The smallest absolute Gasteiger partial charge is 0.174 e. The second kappa shape index (κ2) is 3.48. The van der Waals surface area contributed by atoms with Crippen LogP contribution in [0.15, 0.2) is 21.6 Å². The maximum absolute atomic E-state index is 11.8. The number of benzene rings is 1. The molecule has 0 aliphatic carbocycles. The molecule has 4 heteroatoms. The van der Waals surface area contributed by atoms with Crippen LogP contribution in [0.1, 0.15) is 17.3 Å². The number of halogens is 2. The minimum Gasteiger partial charge on any atom is -0.293 e. The van der Waals surface area contributed by atoms with Crippen LogP contribution in [0, 0.1) is 5.92 Å². The monoisotopic (exact) mass is 271 g/mol. The van der Waals surface area contributed by atoms with Crippen LogP contribution in [0.25, 0.3) is 0 Å². The highest BCUT2D eigenvalue weighted by Crippen LogP contribution is 2.37. The number of carbonyl (C=O) groups is 1. The number of rotatable bonds is 0. The van der Waals surface area contributed by atoms with Crippen LogP contribution < -0.4 is 0 Å². The first-order valence-electron chi connectivity index (χ1n) is 4.17. The van der Waals surface area contributed by atoms with Crippen molar-refractivity contribution in [1.29, 1.82) is 0 Å². The molecule has 0 fully saturated rings. The van der Waals surface area contributed by atoms with Crippen LogP contribution in [-0.2, 0) is 0 Å². The molecular weight excluding hydrogens is 265 g/mol. The Morgan fingerprint density at radius 2 is 2.21 bits per heavy atom. The second-order valence-electron chi connectivity index (χ2n) is 3.18. The van der Waals surface area contributed by atoms with Crippen molar-refractivity contribution in [1.82, 2.24) is 0 Å². The van der Waals surface area contributed by atoms with E-state index in [9.17, 15) is 4.79 Å². The molecule has 1 aliphatic rings. The van der Waals surface area contributed by atoms with E-state index in [4.69, 9.17) is 11.6 Å². The molecule has 1 aromatic rings. The number of aliphatic imine (C=N–C) groups is 1. The summed E-state index contributed by atoms with van der Waals surface area (Å²) in [7, 11) is 0. The summed E-state index contributed by atoms with van der Waals surface area (Å²) in [6, 6.07) is 3.50. The van der Waals surface area contributed by atoms with Crippen molar-refractivity contribution in [3.63, 3.8) is 0 Å². The predicted molar refractivity (Wildman–Crippen MR) is 60.8 cm³/mol. The van der Waals surface area contributed by atoms with Gasteiger partial charge in [-0.3, -0.25) is 9.79 Å². The fourth-order valence-electron chi connectivity index (χ4n) is 1.38. The lowest BCUT2D eigenvalue weighted by Gasteiger charge is -2.15. The highest BCUT2D eigenvalue weighted by Gasteiger charge is 2.25. The Kier molecular flexibility index (Phi) is 2.45. The van der Waals surface area contributed by atoms with Gasteiger partial charge in [-0.05, 0) is 28.1 Å². The minimum atomic E-state index is -0.186. The maximum atomic E-state index is 11.8. The van der Waals surface area contributed by atoms with E-state index < -0.39 is 0 Å². The van der Waals surface area contributed by atoms with E-state index in [0.29, 0.717) is 16.3 Å². The van der Waals surface area contributed by atoms with Crippen molar-refractivity contribution in [2.45, 2.75) is 6.92 Å². The Morgan fingerprint density at radius 1 is 1.50 bits per heavy atom. The zero-order valence-electron chi connectivity index (χ0n) is 7.42. The van der Waals surface area contributed by atoms with Crippen LogP contribution in [0.3, 0.4) is 0 Å². The molecule has 2 rings (SSSR count). The first-order chi connectivity index (χ1) is 6.61. The molecule has 2 nitrogen and oxygen atoms in total. The highest BCUT2D eigenvalue weighted by atomic mass is 79.9. The number of nitrogens with zero attached hydrogens (tertiary/aromatic N) is 1. The fourth-order valence-corrected chi connectivity index (χ4v) is 2.06. The maximum Gasteiger partial charge on any atom is 0.174 e. The van der Waals surface area contributed by atoms with Crippen LogP contribution in [0.2, 0.25) is 5.02 Å². The number of Topliss-reactive ketones (excluding diaryl/α,β-unsaturated/α-hetero) is 1. The molecule has 1 atom stereocenters. The molecule has 14 heavy (non-hydrogen) atoms. The summed E-state index contributed by atoms with van der Waals surface area (Å²) in [4.78, 5) is 16.0. The molecule has 0 N–H and O–H groups in total. The summed E-state index contributed by atoms with van der Waals surface area (Å²) in [5.74, 6) is -0.157. The molecule has 1 aromatic carbocycles.